The van der Waals surface area contributed by atoms with Crippen molar-refractivity contribution in [2.45, 2.75) is 25.4 Å². The van der Waals surface area contributed by atoms with Crippen LogP contribution in [0.25, 0.3) is 22.3 Å². The van der Waals surface area contributed by atoms with Crippen LogP contribution in [0.2, 0.25) is 0 Å². The Morgan fingerprint density at radius 3 is 2.76 bits per heavy atom. The maximum absolute atomic E-state index is 13.0. The summed E-state index contributed by atoms with van der Waals surface area (Å²) < 4.78 is 5.48. The van der Waals surface area contributed by atoms with E-state index >= 15 is 0 Å². The SMILES string of the molecule is N[C@@H]1CCCN(Cc2cncc(C(=O)Nc3ccc(-c4cc5c(N6CCOCC6)ncnc5[nH]4)cc3)c2)C1. The number of rotatable bonds is 6. The smallest absolute Gasteiger partial charge is 0.257 e. The molecule has 4 aromatic rings. The number of piperidine rings is 1. The zero-order valence-electron chi connectivity index (χ0n) is 21.3. The molecule has 2 fully saturated rings. The second-order valence-electron chi connectivity index (χ2n) is 9.99. The Morgan fingerprint density at radius 2 is 1.95 bits per heavy atom. The van der Waals surface area contributed by atoms with Gasteiger partial charge in [-0.1, -0.05) is 12.1 Å². The highest BCUT2D eigenvalue weighted by Crippen LogP contribution is 2.29. The highest BCUT2D eigenvalue weighted by Gasteiger charge is 2.19. The lowest BCUT2D eigenvalue weighted by Crippen LogP contribution is -2.42. The second kappa shape index (κ2) is 10.9. The molecule has 6 rings (SSSR count). The van der Waals surface area contributed by atoms with E-state index in [0.717, 1.165) is 84.9 Å². The number of aromatic nitrogens is 4. The molecule has 10 nitrogen and oxygen atoms in total. The number of carbonyl (C=O) groups excluding carboxylic acids is 1. The van der Waals surface area contributed by atoms with Crippen molar-refractivity contribution in [3.05, 3.63) is 66.2 Å². The van der Waals surface area contributed by atoms with Gasteiger partial charge in [0.2, 0.25) is 0 Å². The molecular weight excluding hydrogens is 480 g/mol. The molecule has 1 atom stereocenters. The van der Waals surface area contributed by atoms with Crippen LogP contribution in [0, 0.1) is 0 Å². The number of nitrogens with one attached hydrogen (secondary N) is 2. The van der Waals surface area contributed by atoms with Crippen molar-refractivity contribution in [1.29, 1.82) is 0 Å². The van der Waals surface area contributed by atoms with Crippen molar-refractivity contribution >= 4 is 28.4 Å². The van der Waals surface area contributed by atoms with E-state index < -0.39 is 0 Å². The van der Waals surface area contributed by atoms with E-state index in [1.54, 1.807) is 12.5 Å². The van der Waals surface area contributed by atoms with Gasteiger partial charge in [-0.3, -0.25) is 14.7 Å². The van der Waals surface area contributed by atoms with Crippen LogP contribution in [0.5, 0.6) is 0 Å². The number of pyridine rings is 1. The lowest BCUT2D eigenvalue weighted by molar-refractivity contribution is 0.102. The molecule has 10 heteroatoms. The molecule has 0 aliphatic carbocycles. The largest absolute Gasteiger partial charge is 0.378 e. The van der Waals surface area contributed by atoms with Gasteiger partial charge in [0.25, 0.3) is 5.91 Å². The summed E-state index contributed by atoms with van der Waals surface area (Å²) in [6, 6.07) is 12.0. The Bertz CT molecular complexity index is 1410. The van der Waals surface area contributed by atoms with Crippen LogP contribution in [0.4, 0.5) is 11.5 Å². The Balaban J connectivity index is 1.14. The van der Waals surface area contributed by atoms with Gasteiger partial charge in [-0.25, -0.2) is 9.97 Å². The van der Waals surface area contributed by atoms with Crippen LogP contribution in [0.1, 0.15) is 28.8 Å². The molecule has 0 unspecified atom stereocenters. The number of H-pyrrole nitrogens is 1. The number of morpholine rings is 1. The predicted octanol–water partition coefficient (Wildman–Crippen LogP) is 3.03. The van der Waals surface area contributed by atoms with Crippen molar-refractivity contribution in [3.8, 4) is 11.3 Å². The first-order valence-electron chi connectivity index (χ1n) is 13.1. The van der Waals surface area contributed by atoms with Crippen LogP contribution < -0.4 is 16.0 Å². The number of benzene rings is 1. The summed E-state index contributed by atoms with van der Waals surface area (Å²) in [5.74, 6) is 0.738. The number of ether oxygens (including phenoxy) is 1. The van der Waals surface area contributed by atoms with Gasteiger partial charge in [-0.05, 0) is 54.8 Å². The summed E-state index contributed by atoms with van der Waals surface area (Å²) in [6.07, 6.45) is 7.19. The summed E-state index contributed by atoms with van der Waals surface area (Å²) in [4.78, 5) is 34.2. The Morgan fingerprint density at radius 1 is 1.11 bits per heavy atom. The molecule has 2 saturated heterocycles. The number of nitrogens with two attached hydrogens (primary N) is 1. The molecule has 4 N–H and O–H groups in total. The molecule has 3 aromatic heterocycles. The van der Waals surface area contributed by atoms with E-state index in [4.69, 9.17) is 10.5 Å². The van der Waals surface area contributed by atoms with Crippen LogP contribution >= 0.6 is 0 Å². The predicted molar refractivity (Wildman–Crippen MR) is 147 cm³/mol. The van der Waals surface area contributed by atoms with Crippen molar-refractivity contribution < 1.29 is 9.53 Å². The molecule has 5 heterocycles. The van der Waals surface area contributed by atoms with E-state index in [9.17, 15) is 4.79 Å². The first-order valence-corrected chi connectivity index (χ1v) is 13.1. The molecule has 196 valence electrons. The third-order valence-corrected chi connectivity index (χ3v) is 7.17. The topological polar surface area (TPSA) is 125 Å². The normalized spacial score (nSPS) is 18.6. The van der Waals surface area contributed by atoms with E-state index in [2.05, 4.69) is 41.1 Å². The van der Waals surface area contributed by atoms with Gasteiger partial charge in [0.1, 0.15) is 17.8 Å². The molecule has 2 aliphatic heterocycles. The zero-order chi connectivity index (χ0) is 25.9. The lowest BCUT2D eigenvalue weighted by Gasteiger charge is -2.30. The molecule has 0 spiro atoms. The molecule has 0 bridgehead atoms. The number of anilines is 2. The number of hydrogen-bond donors (Lipinski definition) is 3. The van der Waals surface area contributed by atoms with E-state index in [1.807, 2.05) is 36.5 Å². The average Bonchev–Trinajstić information content (AvgIpc) is 3.39. The maximum Gasteiger partial charge on any atom is 0.257 e. The zero-order valence-corrected chi connectivity index (χ0v) is 21.3. The quantitative estimate of drug-likeness (QED) is 0.360. The van der Waals surface area contributed by atoms with Gasteiger partial charge in [0.15, 0.2) is 0 Å². The van der Waals surface area contributed by atoms with Gasteiger partial charge < -0.3 is 25.7 Å². The van der Waals surface area contributed by atoms with Gasteiger partial charge >= 0.3 is 0 Å². The summed E-state index contributed by atoms with van der Waals surface area (Å²) >= 11 is 0. The summed E-state index contributed by atoms with van der Waals surface area (Å²) in [6.45, 7) is 5.66. The lowest BCUT2D eigenvalue weighted by atomic mass is 10.1. The molecule has 0 radical (unpaired) electrons. The molecule has 0 saturated carbocycles. The first-order chi connectivity index (χ1) is 18.6. The van der Waals surface area contributed by atoms with Crippen molar-refractivity contribution in [1.82, 2.24) is 24.8 Å². The van der Waals surface area contributed by atoms with Crippen LogP contribution in [0.15, 0.2) is 55.1 Å². The third kappa shape index (κ3) is 5.38. The number of aromatic amines is 1. The maximum atomic E-state index is 13.0. The third-order valence-electron chi connectivity index (χ3n) is 7.17. The Kier molecular flexibility index (Phi) is 7.00. The molecule has 2 aliphatic rings. The molecule has 1 aromatic carbocycles. The fourth-order valence-electron chi connectivity index (χ4n) is 5.24. The minimum absolute atomic E-state index is 0.182. The number of carbonyl (C=O) groups is 1. The van der Waals surface area contributed by atoms with Crippen molar-refractivity contribution in [2.24, 2.45) is 5.73 Å². The number of hydrogen-bond acceptors (Lipinski definition) is 8. The Hall–Kier alpha value is -3.86. The van der Waals surface area contributed by atoms with Gasteiger partial charge in [0, 0.05) is 56.0 Å². The summed E-state index contributed by atoms with van der Waals surface area (Å²) in [5.41, 5.74) is 11.1. The standard InChI is InChI=1S/C28H32N8O2/c29-22-2-1-7-35(17-22)16-19-12-21(15-30-14-19)28(37)33-23-5-3-20(4-6-23)25-13-24-26(34-25)31-18-32-27(24)36-8-10-38-11-9-36/h3-6,12-15,18,22H,1-2,7-11,16-17,29H2,(H,33,37)(H,31,32,34)/t22-/m1/s1. The minimum atomic E-state index is -0.182. The van der Waals surface area contributed by atoms with Crippen molar-refractivity contribution in [3.63, 3.8) is 0 Å². The number of likely N-dealkylation sites (tertiary alicyclic amines) is 1. The molecule has 38 heavy (non-hydrogen) atoms. The Labute approximate surface area is 221 Å². The average molecular weight is 513 g/mol. The highest BCUT2D eigenvalue weighted by molar-refractivity contribution is 6.04. The fraction of sp³-hybridized carbons (Fsp3) is 0.357. The van der Waals surface area contributed by atoms with E-state index in [1.165, 1.54) is 0 Å². The highest BCUT2D eigenvalue weighted by atomic mass is 16.5. The van der Waals surface area contributed by atoms with Crippen LogP contribution in [-0.2, 0) is 11.3 Å². The molecule has 1 amide bonds. The van der Waals surface area contributed by atoms with Crippen LogP contribution in [-0.4, -0.2) is 76.2 Å². The van der Waals surface area contributed by atoms with Gasteiger partial charge in [-0.15, -0.1) is 0 Å². The second-order valence-corrected chi connectivity index (χ2v) is 9.99. The van der Waals surface area contributed by atoms with E-state index in [0.29, 0.717) is 18.8 Å². The van der Waals surface area contributed by atoms with Crippen LogP contribution in [0.3, 0.4) is 0 Å². The van der Waals surface area contributed by atoms with Gasteiger partial charge in [-0.2, -0.15) is 0 Å². The minimum Gasteiger partial charge on any atom is -0.378 e. The summed E-state index contributed by atoms with van der Waals surface area (Å²) in [7, 11) is 0. The number of fused-ring (bicyclic) bond motifs is 1. The molecular formula is C28H32N8O2. The van der Waals surface area contributed by atoms with Crippen molar-refractivity contribution in [2.75, 3.05) is 49.6 Å². The summed E-state index contributed by atoms with van der Waals surface area (Å²) in [5, 5.41) is 3.98. The number of nitrogens with zero attached hydrogens (tertiary/aromatic N) is 5. The van der Waals surface area contributed by atoms with Gasteiger partial charge in [0.05, 0.1) is 24.2 Å². The monoisotopic (exact) mass is 512 g/mol. The van der Waals surface area contributed by atoms with E-state index in [-0.39, 0.29) is 11.9 Å². The first kappa shape index (κ1) is 24.5. The number of amides is 1. The fourth-order valence-corrected chi connectivity index (χ4v) is 5.24.